The SMILES string of the molecule is CC(=O)N1CCN(C(=O)C(=O)NC[C@H](c2ccc(N(C)C)cc2)N(C)C)CC1. The van der Waals surface area contributed by atoms with Crippen molar-refractivity contribution in [3.05, 3.63) is 29.8 Å². The maximum Gasteiger partial charge on any atom is 0.312 e. The summed E-state index contributed by atoms with van der Waals surface area (Å²) >= 11 is 0. The number of hydrogen-bond donors (Lipinski definition) is 1. The van der Waals surface area contributed by atoms with E-state index in [4.69, 9.17) is 0 Å². The zero-order valence-corrected chi connectivity index (χ0v) is 17.4. The Morgan fingerprint density at radius 2 is 1.50 bits per heavy atom. The minimum Gasteiger partial charge on any atom is -0.378 e. The van der Waals surface area contributed by atoms with Gasteiger partial charge in [0.1, 0.15) is 0 Å². The lowest BCUT2D eigenvalue weighted by molar-refractivity contribution is -0.148. The van der Waals surface area contributed by atoms with Crippen molar-refractivity contribution in [2.75, 3.05) is 65.8 Å². The maximum atomic E-state index is 12.4. The van der Waals surface area contributed by atoms with E-state index in [9.17, 15) is 14.4 Å². The van der Waals surface area contributed by atoms with Crippen molar-refractivity contribution in [2.24, 2.45) is 0 Å². The number of carbonyl (C=O) groups excluding carboxylic acids is 3. The second-order valence-corrected chi connectivity index (χ2v) is 7.47. The fourth-order valence-electron chi connectivity index (χ4n) is 3.23. The first-order chi connectivity index (χ1) is 13.2. The van der Waals surface area contributed by atoms with Crippen LogP contribution in [0, 0.1) is 0 Å². The molecule has 1 saturated heterocycles. The molecule has 1 fully saturated rings. The molecule has 0 radical (unpaired) electrons. The minimum absolute atomic E-state index is 0.00865. The third-order valence-electron chi connectivity index (χ3n) is 5.08. The number of likely N-dealkylation sites (N-methyl/N-ethyl adjacent to an activating group) is 1. The highest BCUT2D eigenvalue weighted by molar-refractivity contribution is 6.35. The quantitative estimate of drug-likeness (QED) is 0.726. The molecule has 8 nitrogen and oxygen atoms in total. The monoisotopic (exact) mass is 389 g/mol. The van der Waals surface area contributed by atoms with Crippen LogP contribution in [0.3, 0.4) is 0 Å². The van der Waals surface area contributed by atoms with Crippen molar-refractivity contribution in [1.82, 2.24) is 20.0 Å². The molecule has 1 heterocycles. The van der Waals surface area contributed by atoms with Gasteiger partial charge < -0.3 is 24.9 Å². The number of anilines is 1. The van der Waals surface area contributed by atoms with E-state index in [0.717, 1.165) is 11.3 Å². The van der Waals surface area contributed by atoms with E-state index in [1.807, 2.05) is 62.3 Å². The van der Waals surface area contributed by atoms with Crippen molar-refractivity contribution >= 4 is 23.4 Å². The van der Waals surface area contributed by atoms with Gasteiger partial charge in [-0.25, -0.2) is 0 Å². The van der Waals surface area contributed by atoms with Gasteiger partial charge in [0, 0.05) is 59.4 Å². The van der Waals surface area contributed by atoms with Crippen LogP contribution in [0.2, 0.25) is 0 Å². The molecular weight excluding hydrogens is 358 g/mol. The molecule has 0 saturated carbocycles. The predicted molar refractivity (Wildman–Crippen MR) is 109 cm³/mol. The Morgan fingerprint density at radius 1 is 0.964 bits per heavy atom. The summed E-state index contributed by atoms with van der Waals surface area (Å²) in [6, 6.07) is 8.10. The third kappa shape index (κ3) is 5.45. The smallest absolute Gasteiger partial charge is 0.312 e. The average molecular weight is 390 g/mol. The Morgan fingerprint density at radius 3 is 1.96 bits per heavy atom. The van der Waals surface area contributed by atoms with Crippen LogP contribution >= 0.6 is 0 Å². The summed E-state index contributed by atoms with van der Waals surface area (Å²) in [6.45, 7) is 3.55. The van der Waals surface area contributed by atoms with E-state index in [1.165, 1.54) is 11.8 Å². The van der Waals surface area contributed by atoms with E-state index in [0.29, 0.717) is 32.7 Å². The number of nitrogens with one attached hydrogen (secondary N) is 1. The first-order valence-corrected chi connectivity index (χ1v) is 9.47. The van der Waals surface area contributed by atoms with Gasteiger partial charge in [-0.2, -0.15) is 0 Å². The highest BCUT2D eigenvalue weighted by atomic mass is 16.2. The van der Waals surface area contributed by atoms with Crippen LogP contribution in [0.25, 0.3) is 0 Å². The van der Waals surface area contributed by atoms with Crippen molar-refractivity contribution in [1.29, 1.82) is 0 Å². The van der Waals surface area contributed by atoms with E-state index < -0.39 is 11.8 Å². The lowest BCUT2D eigenvalue weighted by Gasteiger charge is -2.34. The second-order valence-electron chi connectivity index (χ2n) is 7.47. The van der Waals surface area contributed by atoms with E-state index in [-0.39, 0.29) is 11.9 Å². The molecular formula is C20H31N5O3. The minimum atomic E-state index is -0.604. The zero-order valence-electron chi connectivity index (χ0n) is 17.4. The summed E-state index contributed by atoms with van der Waals surface area (Å²) in [7, 11) is 7.86. The number of nitrogens with zero attached hydrogens (tertiary/aromatic N) is 4. The Labute approximate surface area is 167 Å². The molecule has 2 rings (SSSR count). The molecule has 0 unspecified atom stereocenters. The van der Waals surface area contributed by atoms with Crippen LogP contribution < -0.4 is 10.2 Å². The van der Waals surface area contributed by atoms with Crippen LogP contribution in [0.1, 0.15) is 18.5 Å². The Kier molecular flexibility index (Phi) is 7.39. The van der Waals surface area contributed by atoms with Crippen molar-refractivity contribution in [3.63, 3.8) is 0 Å². The molecule has 8 heteroatoms. The molecule has 0 aliphatic carbocycles. The summed E-state index contributed by atoms with van der Waals surface area (Å²) in [6.07, 6.45) is 0. The third-order valence-corrected chi connectivity index (χ3v) is 5.08. The van der Waals surface area contributed by atoms with E-state index in [2.05, 4.69) is 5.32 Å². The number of amides is 3. The molecule has 1 aliphatic rings. The van der Waals surface area contributed by atoms with Gasteiger partial charge in [0.2, 0.25) is 5.91 Å². The van der Waals surface area contributed by atoms with Gasteiger partial charge in [0.25, 0.3) is 0 Å². The molecule has 3 amide bonds. The number of rotatable bonds is 5. The van der Waals surface area contributed by atoms with Gasteiger partial charge in [-0.3, -0.25) is 14.4 Å². The van der Waals surface area contributed by atoms with Crippen LogP contribution in [0.5, 0.6) is 0 Å². The Hall–Kier alpha value is -2.61. The average Bonchev–Trinajstić information content (AvgIpc) is 2.67. The summed E-state index contributed by atoms with van der Waals surface area (Å²) in [5.41, 5.74) is 2.17. The molecule has 0 aromatic heterocycles. The Bertz CT molecular complexity index is 694. The van der Waals surface area contributed by atoms with Crippen molar-refractivity contribution in [3.8, 4) is 0 Å². The fraction of sp³-hybridized carbons (Fsp3) is 0.550. The number of benzene rings is 1. The lowest BCUT2D eigenvalue weighted by atomic mass is 10.1. The summed E-state index contributed by atoms with van der Waals surface area (Å²) in [5, 5.41) is 2.77. The summed E-state index contributed by atoms with van der Waals surface area (Å²) in [5.74, 6) is -1.15. The molecule has 1 N–H and O–H groups in total. The number of carbonyl (C=O) groups is 3. The molecule has 0 spiro atoms. The van der Waals surface area contributed by atoms with Gasteiger partial charge in [0.05, 0.1) is 6.04 Å². The topological polar surface area (TPSA) is 76.2 Å². The second kappa shape index (κ2) is 9.54. The van der Waals surface area contributed by atoms with E-state index in [1.54, 1.807) is 4.90 Å². The standard InChI is InChI=1S/C20H31N5O3/c1-15(26)24-10-12-25(13-11-24)20(28)19(27)21-14-18(23(4)5)16-6-8-17(9-7-16)22(2)3/h6-9,18H,10-14H2,1-5H3,(H,21,27)/t18-/m1/s1. The lowest BCUT2D eigenvalue weighted by Crippen LogP contribution is -2.53. The van der Waals surface area contributed by atoms with E-state index >= 15 is 0 Å². The van der Waals surface area contributed by atoms with Crippen LogP contribution in [-0.2, 0) is 14.4 Å². The highest BCUT2D eigenvalue weighted by Gasteiger charge is 2.27. The van der Waals surface area contributed by atoms with Crippen molar-refractivity contribution in [2.45, 2.75) is 13.0 Å². The summed E-state index contributed by atoms with van der Waals surface area (Å²) < 4.78 is 0. The number of hydrogen-bond acceptors (Lipinski definition) is 5. The number of piperazine rings is 1. The zero-order chi connectivity index (χ0) is 20.8. The van der Waals surface area contributed by atoms with Crippen LogP contribution in [-0.4, -0.2) is 93.3 Å². The van der Waals surface area contributed by atoms with Gasteiger partial charge in [-0.15, -0.1) is 0 Å². The fourth-order valence-corrected chi connectivity index (χ4v) is 3.23. The normalized spacial score (nSPS) is 15.4. The van der Waals surface area contributed by atoms with Gasteiger partial charge in [-0.1, -0.05) is 12.1 Å². The van der Waals surface area contributed by atoms with Crippen LogP contribution in [0.15, 0.2) is 24.3 Å². The maximum absolute atomic E-state index is 12.4. The van der Waals surface area contributed by atoms with Gasteiger partial charge in [0.15, 0.2) is 0 Å². The molecule has 1 aromatic rings. The highest BCUT2D eigenvalue weighted by Crippen LogP contribution is 2.21. The van der Waals surface area contributed by atoms with Crippen LogP contribution in [0.4, 0.5) is 5.69 Å². The molecule has 1 aliphatic heterocycles. The van der Waals surface area contributed by atoms with Gasteiger partial charge >= 0.3 is 11.8 Å². The molecule has 1 aromatic carbocycles. The predicted octanol–water partition coefficient (Wildman–Crippen LogP) is 0.162. The first-order valence-electron chi connectivity index (χ1n) is 9.47. The first kappa shape index (κ1) is 21.7. The molecule has 0 bridgehead atoms. The molecule has 154 valence electrons. The summed E-state index contributed by atoms with van der Waals surface area (Å²) in [4.78, 5) is 43.4. The van der Waals surface area contributed by atoms with Gasteiger partial charge in [-0.05, 0) is 31.8 Å². The molecule has 1 atom stereocenters. The van der Waals surface area contributed by atoms with Crippen molar-refractivity contribution < 1.29 is 14.4 Å². The largest absolute Gasteiger partial charge is 0.378 e. The Balaban J connectivity index is 1.93. The molecule has 28 heavy (non-hydrogen) atoms.